The van der Waals surface area contributed by atoms with E-state index < -0.39 is 0 Å². The molecule has 3 aromatic heterocycles. The molecule has 0 fully saturated rings. The van der Waals surface area contributed by atoms with Crippen molar-refractivity contribution in [2.75, 3.05) is 0 Å². The van der Waals surface area contributed by atoms with E-state index in [1.54, 1.807) is 0 Å². The minimum atomic E-state index is 0.622. The summed E-state index contributed by atoms with van der Waals surface area (Å²) in [6.07, 6.45) is 6.37. The molecular formula is C45H30N4O. The van der Waals surface area contributed by atoms with Crippen LogP contribution < -0.4 is 0 Å². The highest BCUT2D eigenvalue weighted by molar-refractivity contribution is 6.13. The molecule has 9 aromatic rings. The summed E-state index contributed by atoms with van der Waals surface area (Å²) < 4.78 is 8.76. The van der Waals surface area contributed by atoms with E-state index in [0.717, 1.165) is 79.5 Å². The molecule has 0 bridgehead atoms. The lowest BCUT2D eigenvalue weighted by Gasteiger charge is -2.13. The lowest BCUT2D eigenvalue weighted by molar-refractivity contribution is 0.547. The fourth-order valence-electron chi connectivity index (χ4n) is 7.38. The van der Waals surface area contributed by atoms with Gasteiger partial charge in [0, 0.05) is 56.1 Å². The molecule has 3 heterocycles. The van der Waals surface area contributed by atoms with Gasteiger partial charge in [-0.25, -0.2) is 15.0 Å². The summed E-state index contributed by atoms with van der Waals surface area (Å²) in [5.41, 5.74) is 10.4. The first-order valence-electron chi connectivity index (χ1n) is 17.0. The molecule has 0 saturated carbocycles. The molecule has 0 aliphatic heterocycles. The zero-order valence-corrected chi connectivity index (χ0v) is 27.1. The van der Waals surface area contributed by atoms with Gasteiger partial charge in [0.15, 0.2) is 17.5 Å². The van der Waals surface area contributed by atoms with Crippen LogP contribution >= 0.6 is 0 Å². The molecule has 5 nitrogen and oxygen atoms in total. The second-order valence-electron chi connectivity index (χ2n) is 12.7. The van der Waals surface area contributed by atoms with E-state index in [1.165, 1.54) is 10.9 Å². The monoisotopic (exact) mass is 642 g/mol. The van der Waals surface area contributed by atoms with Crippen LogP contribution in [-0.2, 0) is 6.42 Å². The number of hydrogen-bond acceptors (Lipinski definition) is 4. The van der Waals surface area contributed by atoms with Gasteiger partial charge in [-0.15, -0.1) is 0 Å². The number of rotatable bonds is 5. The highest BCUT2D eigenvalue weighted by atomic mass is 16.3. The van der Waals surface area contributed by atoms with Crippen molar-refractivity contribution in [3.05, 3.63) is 163 Å². The number of aryl methyl sites for hydroxylation is 1. The molecule has 5 heteroatoms. The van der Waals surface area contributed by atoms with Crippen LogP contribution in [0.4, 0.5) is 0 Å². The summed E-state index contributed by atoms with van der Waals surface area (Å²) in [6.45, 7) is 0. The Bertz CT molecular complexity index is 2740. The Labute approximate surface area is 288 Å². The molecule has 10 rings (SSSR count). The third kappa shape index (κ3) is 4.59. The number of allylic oxidation sites excluding steroid dienone is 1. The van der Waals surface area contributed by atoms with E-state index in [4.69, 9.17) is 19.4 Å². The van der Waals surface area contributed by atoms with Crippen LogP contribution in [0.5, 0.6) is 0 Å². The third-order valence-electron chi connectivity index (χ3n) is 9.73. The second kappa shape index (κ2) is 11.5. The minimum absolute atomic E-state index is 0.622. The van der Waals surface area contributed by atoms with E-state index in [9.17, 15) is 0 Å². The molecule has 236 valence electrons. The van der Waals surface area contributed by atoms with Gasteiger partial charge in [-0.2, -0.15) is 0 Å². The van der Waals surface area contributed by atoms with Crippen LogP contribution in [0.1, 0.15) is 17.7 Å². The molecule has 0 saturated heterocycles. The van der Waals surface area contributed by atoms with Gasteiger partial charge in [0.25, 0.3) is 0 Å². The topological polar surface area (TPSA) is 56.7 Å². The first-order chi connectivity index (χ1) is 24.8. The Balaban J connectivity index is 1.15. The van der Waals surface area contributed by atoms with Crippen LogP contribution in [0.15, 0.2) is 156 Å². The number of hydrogen-bond donors (Lipinski definition) is 0. The average molecular weight is 643 g/mol. The summed E-state index contributed by atoms with van der Waals surface area (Å²) in [6, 6.07) is 50.5. The zero-order chi connectivity index (χ0) is 33.0. The standard InChI is InChI=1S/C45H30N4O/c1-3-13-30(14-4-1)43-46-44(31-27-25-29(26-28-31)33-19-11-21-37-35-18-8-10-24-40(35)50-42(33)37)48-45(47-43)38-22-12-20-36-34-17-7-9-23-39(34)49(41(36)38)32-15-5-2-6-16-32/h1-9,11-23,25-28H,10,24H2. The number of fused-ring (bicyclic) bond motifs is 6. The van der Waals surface area contributed by atoms with Gasteiger partial charge in [-0.1, -0.05) is 133 Å². The molecule has 1 aliphatic carbocycles. The minimum Gasteiger partial charge on any atom is -0.460 e. The van der Waals surface area contributed by atoms with Gasteiger partial charge < -0.3 is 8.98 Å². The van der Waals surface area contributed by atoms with Crippen molar-refractivity contribution in [2.45, 2.75) is 12.8 Å². The molecule has 0 radical (unpaired) electrons. The predicted octanol–water partition coefficient (Wildman–Crippen LogP) is 11.3. The molecule has 50 heavy (non-hydrogen) atoms. The maximum Gasteiger partial charge on any atom is 0.166 e. The quantitative estimate of drug-likeness (QED) is 0.187. The normalized spacial score (nSPS) is 12.6. The van der Waals surface area contributed by atoms with Crippen LogP contribution in [0, 0.1) is 0 Å². The van der Waals surface area contributed by atoms with E-state index in [2.05, 4.69) is 126 Å². The fraction of sp³-hybridized carbons (Fsp3) is 0.0444. The number of benzene rings is 6. The van der Waals surface area contributed by atoms with E-state index in [-0.39, 0.29) is 0 Å². The Morgan fingerprint density at radius 1 is 0.500 bits per heavy atom. The van der Waals surface area contributed by atoms with Gasteiger partial charge in [0.1, 0.15) is 11.3 Å². The summed E-state index contributed by atoms with van der Waals surface area (Å²) in [5, 5.41) is 3.50. The Hall–Kier alpha value is -6.59. The van der Waals surface area contributed by atoms with Crippen molar-refractivity contribution in [3.63, 3.8) is 0 Å². The second-order valence-corrected chi connectivity index (χ2v) is 12.7. The highest BCUT2D eigenvalue weighted by Gasteiger charge is 2.21. The van der Waals surface area contributed by atoms with Crippen LogP contribution in [-0.4, -0.2) is 19.5 Å². The lowest BCUT2D eigenvalue weighted by Crippen LogP contribution is -2.02. The first-order valence-corrected chi connectivity index (χ1v) is 17.0. The van der Waals surface area contributed by atoms with Crippen molar-refractivity contribution in [1.29, 1.82) is 0 Å². The Morgan fingerprint density at radius 3 is 1.92 bits per heavy atom. The summed E-state index contributed by atoms with van der Waals surface area (Å²) in [7, 11) is 0. The Morgan fingerprint density at radius 2 is 1.12 bits per heavy atom. The van der Waals surface area contributed by atoms with E-state index >= 15 is 0 Å². The maximum absolute atomic E-state index is 6.43. The molecule has 0 amide bonds. The van der Waals surface area contributed by atoms with E-state index in [0.29, 0.717) is 17.5 Å². The third-order valence-corrected chi connectivity index (χ3v) is 9.73. The number of para-hydroxylation sites is 4. The van der Waals surface area contributed by atoms with Gasteiger partial charge >= 0.3 is 0 Å². The van der Waals surface area contributed by atoms with Gasteiger partial charge in [0.2, 0.25) is 0 Å². The smallest absolute Gasteiger partial charge is 0.166 e. The van der Waals surface area contributed by atoms with Crippen molar-refractivity contribution in [3.8, 4) is 51.0 Å². The van der Waals surface area contributed by atoms with Crippen LogP contribution in [0.25, 0.3) is 89.8 Å². The number of aromatic nitrogens is 4. The predicted molar refractivity (Wildman–Crippen MR) is 203 cm³/mol. The first kappa shape index (κ1) is 28.4. The fourth-order valence-corrected chi connectivity index (χ4v) is 7.38. The van der Waals surface area contributed by atoms with Gasteiger partial charge in [-0.3, -0.25) is 0 Å². The molecule has 0 spiro atoms. The van der Waals surface area contributed by atoms with Gasteiger partial charge in [-0.05, 0) is 36.2 Å². The molecule has 0 atom stereocenters. The number of furan rings is 1. The van der Waals surface area contributed by atoms with Crippen molar-refractivity contribution in [1.82, 2.24) is 19.5 Å². The highest BCUT2D eigenvalue weighted by Crippen LogP contribution is 2.39. The summed E-state index contributed by atoms with van der Waals surface area (Å²) in [5.74, 6) is 2.95. The average Bonchev–Trinajstić information content (AvgIpc) is 3.75. The molecule has 1 aliphatic rings. The van der Waals surface area contributed by atoms with Crippen molar-refractivity contribution >= 4 is 38.9 Å². The van der Waals surface area contributed by atoms with Crippen molar-refractivity contribution in [2.24, 2.45) is 0 Å². The van der Waals surface area contributed by atoms with Crippen LogP contribution in [0.2, 0.25) is 0 Å². The number of nitrogens with zero attached hydrogens (tertiary/aromatic N) is 4. The van der Waals surface area contributed by atoms with E-state index in [1.807, 2.05) is 36.4 Å². The summed E-state index contributed by atoms with van der Waals surface area (Å²) >= 11 is 0. The SMILES string of the molecule is C1=Cc2c(oc3c(-c4ccc(-c5nc(-c6ccccc6)nc(-c6cccc7c8ccccc8n(-c8ccccc8)c67)n5)cc4)cccc23)CC1. The maximum atomic E-state index is 6.43. The van der Waals surface area contributed by atoms with Gasteiger partial charge in [0.05, 0.1) is 11.0 Å². The Kier molecular flexibility index (Phi) is 6.56. The molecule has 0 N–H and O–H groups in total. The largest absolute Gasteiger partial charge is 0.460 e. The van der Waals surface area contributed by atoms with Crippen LogP contribution in [0.3, 0.4) is 0 Å². The zero-order valence-electron chi connectivity index (χ0n) is 27.1. The summed E-state index contributed by atoms with van der Waals surface area (Å²) in [4.78, 5) is 15.4. The molecule has 6 aromatic carbocycles. The lowest BCUT2D eigenvalue weighted by atomic mass is 9.98. The molecule has 0 unspecified atom stereocenters. The molecular weight excluding hydrogens is 613 g/mol. The van der Waals surface area contributed by atoms with Crippen molar-refractivity contribution < 1.29 is 4.42 Å².